The molecule has 0 aromatic heterocycles. The van der Waals surface area contributed by atoms with Crippen LogP contribution in [-0.2, 0) is 4.74 Å². The van der Waals surface area contributed by atoms with Crippen molar-refractivity contribution in [1.82, 2.24) is 0 Å². The van der Waals surface area contributed by atoms with Crippen LogP contribution in [0.2, 0.25) is 0 Å². The Labute approximate surface area is 115 Å². The van der Waals surface area contributed by atoms with E-state index in [1.54, 1.807) is 30.3 Å². The Morgan fingerprint density at radius 3 is 2.10 bits per heavy atom. The van der Waals surface area contributed by atoms with Crippen molar-refractivity contribution in [3.8, 4) is 5.75 Å². The van der Waals surface area contributed by atoms with Gasteiger partial charge in [0.2, 0.25) is 6.29 Å². The molecular weight excluding hydrogens is 268 g/mol. The Bertz CT molecular complexity index is 410. The van der Waals surface area contributed by atoms with Crippen LogP contribution in [0.4, 0.5) is 0 Å². The van der Waals surface area contributed by atoms with Crippen molar-refractivity contribution in [3.05, 3.63) is 30.3 Å². The molecule has 1 fully saturated rings. The highest BCUT2D eigenvalue weighted by Crippen LogP contribution is 2.23. The van der Waals surface area contributed by atoms with Gasteiger partial charge in [0, 0.05) is 0 Å². The molecule has 0 spiro atoms. The summed E-state index contributed by atoms with van der Waals surface area (Å²) in [5, 5.41) is 48.2. The second kappa shape index (κ2) is 6.49. The van der Waals surface area contributed by atoms with E-state index in [2.05, 4.69) is 0 Å². The Kier molecular flexibility index (Phi) is 4.92. The van der Waals surface area contributed by atoms with Gasteiger partial charge in [0.05, 0.1) is 6.61 Å². The maximum atomic E-state index is 9.93. The number of hydrogen-bond acceptors (Lipinski definition) is 7. The van der Waals surface area contributed by atoms with E-state index in [0.29, 0.717) is 5.75 Å². The molecule has 1 saturated heterocycles. The summed E-state index contributed by atoms with van der Waals surface area (Å²) in [7, 11) is 0. The zero-order chi connectivity index (χ0) is 14.7. The van der Waals surface area contributed by atoms with Crippen LogP contribution >= 0.6 is 0 Å². The van der Waals surface area contributed by atoms with Crippen molar-refractivity contribution < 1.29 is 35.0 Å². The van der Waals surface area contributed by atoms with E-state index in [1.807, 2.05) is 0 Å². The maximum Gasteiger partial charge on any atom is 0.229 e. The zero-order valence-electron chi connectivity index (χ0n) is 10.6. The summed E-state index contributed by atoms with van der Waals surface area (Å²) in [6, 6.07) is 8.43. The van der Waals surface area contributed by atoms with Gasteiger partial charge in [0.25, 0.3) is 0 Å². The lowest BCUT2D eigenvalue weighted by molar-refractivity contribution is -0.195. The third-order valence-corrected chi connectivity index (χ3v) is 3.19. The quantitative estimate of drug-likeness (QED) is 0.446. The number of para-hydroxylation sites is 1. The average Bonchev–Trinajstić information content (AvgIpc) is 2.55. The van der Waals surface area contributed by atoms with Crippen molar-refractivity contribution in [2.24, 2.45) is 0 Å². The molecule has 5 N–H and O–H groups in total. The third kappa shape index (κ3) is 3.09. The predicted octanol–water partition coefficient (Wildman–Crippen LogP) is -1.77. The van der Waals surface area contributed by atoms with E-state index in [0.717, 1.165) is 0 Å². The van der Waals surface area contributed by atoms with Gasteiger partial charge in [-0.25, -0.2) is 0 Å². The number of aliphatic hydroxyl groups is 5. The van der Waals surface area contributed by atoms with E-state index >= 15 is 0 Å². The Morgan fingerprint density at radius 1 is 0.900 bits per heavy atom. The van der Waals surface area contributed by atoms with Crippen LogP contribution < -0.4 is 4.74 Å². The van der Waals surface area contributed by atoms with Gasteiger partial charge in [0.15, 0.2) is 0 Å². The van der Waals surface area contributed by atoms with Crippen molar-refractivity contribution in [3.63, 3.8) is 0 Å². The number of rotatable bonds is 3. The van der Waals surface area contributed by atoms with Gasteiger partial charge < -0.3 is 35.0 Å². The second-order valence-electron chi connectivity index (χ2n) is 4.62. The monoisotopic (exact) mass is 286 g/mol. The van der Waals surface area contributed by atoms with Crippen LogP contribution in [0.5, 0.6) is 5.75 Å². The predicted molar refractivity (Wildman–Crippen MR) is 66.8 cm³/mol. The molecule has 7 heteroatoms. The molecule has 0 radical (unpaired) electrons. The summed E-state index contributed by atoms with van der Waals surface area (Å²) in [5.74, 6) is 0.381. The molecule has 1 aliphatic heterocycles. The summed E-state index contributed by atoms with van der Waals surface area (Å²) in [6.45, 7) is -0.591. The normalized spacial score (nSPS) is 38.2. The first-order chi connectivity index (χ1) is 9.54. The molecule has 112 valence electrons. The standard InChI is InChI=1S/C13H18O7/c14-6-8-9(15)10(16)11(17)12(18)13(20-8)19-7-4-2-1-3-5-7/h1-5,8-18H,6H2/t8-,9-,10+,11+,12-,13+/m1/s1. The topological polar surface area (TPSA) is 120 Å². The van der Waals surface area contributed by atoms with Crippen LogP contribution in [0.25, 0.3) is 0 Å². The van der Waals surface area contributed by atoms with Crippen molar-refractivity contribution in [2.75, 3.05) is 6.61 Å². The van der Waals surface area contributed by atoms with Gasteiger partial charge in [-0.2, -0.15) is 0 Å². The average molecular weight is 286 g/mol. The number of benzene rings is 1. The molecule has 0 amide bonds. The third-order valence-electron chi connectivity index (χ3n) is 3.19. The molecule has 0 aliphatic carbocycles. The Morgan fingerprint density at radius 2 is 1.50 bits per heavy atom. The molecule has 2 rings (SSSR count). The summed E-state index contributed by atoms with van der Waals surface area (Å²) >= 11 is 0. The lowest BCUT2D eigenvalue weighted by Crippen LogP contribution is -2.48. The van der Waals surface area contributed by atoms with Crippen molar-refractivity contribution >= 4 is 0 Å². The number of ether oxygens (including phenoxy) is 2. The Balaban J connectivity index is 2.18. The van der Waals surface area contributed by atoms with Crippen molar-refractivity contribution in [1.29, 1.82) is 0 Å². The Hall–Kier alpha value is -1.22. The first-order valence-corrected chi connectivity index (χ1v) is 6.25. The highest BCUT2D eigenvalue weighted by molar-refractivity contribution is 5.21. The molecule has 1 heterocycles. The largest absolute Gasteiger partial charge is 0.462 e. The molecule has 0 unspecified atom stereocenters. The van der Waals surface area contributed by atoms with E-state index in [9.17, 15) is 20.4 Å². The first-order valence-electron chi connectivity index (χ1n) is 6.25. The summed E-state index contributed by atoms with van der Waals surface area (Å²) < 4.78 is 10.6. The zero-order valence-corrected chi connectivity index (χ0v) is 10.6. The summed E-state index contributed by atoms with van der Waals surface area (Å²) in [5.41, 5.74) is 0. The van der Waals surface area contributed by atoms with E-state index < -0.39 is 43.4 Å². The molecule has 20 heavy (non-hydrogen) atoms. The van der Waals surface area contributed by atoms with Gasteiger partial charge in [-0.05, 0) is 12.1 Å². The van der Waals surface area contributed by atoms with Crippen LogP contribution in [0.15, 0.2) is 30.3 Å². The van der Waals surface area contributed by atoms with Crippen LogP contribution in [0, 0.1) is 0 Å². The van der Waals surface area contributed by atoms with Crippen LogP contribution in [-0.4, -0.2) is 68.9 Å². The van der Waals surface area contributed by atoms with E-state index in [4.69, 9.17) is 14.6 Å². The lowest BCUT2D eigenvalue weighted by atomic mass is 10.0. The van der Waals surface area contributed by atoms with Gasteiger partial charge in [-0.1, -0.05) is 18.2 Å². The summed E-state index contributed by atoms with van der Waals surface area (Å²) in [6.07, 6.45) is -8.91. The number of hydrogen-bond donors (Lipinski definition) is 5. The minimum absolute atomic E-state index is 0.381. The van der Waals surface area contributed by atoms with Crippen molar-refractivity contribution in [2.45, 2.75) is 36.8 Å². The van der Waals surface area contributed by atoms with Gasteiger partial charge >= 0.3 is 0 Å². The highest BCUT2D eigenvalue weighted by atomic mass is 16.7. The van der Waals surface area contributed by atoms with E-state index in [1.165, 1.54) is 0 Å². The van der Waals surface area contributed by atoms with Gasteiger partial charge in [-0.15, -0.1) is 0 Å². The van der Waals surface area contributed by atoms with Gasteiger partial charge in [-0.3, -0.25) is 0 Å². The molecule has 0 bridgehead atoms. The molecule has 7 nitrogen and oxygen atoms in total. The minimum Gasteiger partial charge on any atom is -0.462 e. The number of aliphatic hydroxyl groups excluding tert-OH is 5. The molecular formula is C13H18O7. The second-order valence-corrected chi connectivity index (χ2v) is 4.62. The van der Waals surface area contributed by atoms with Crippen LogP contribution in [0.1, 0.15) is 0 Å². The fourth-order valence-corrected chi connectivity index (χ4v) is 2.00. The fourth-order valence-electron chi connectivity index (χ4n) is 2.00. The fraction of sp³-hybridized carbons (Fsp3) is 0.538. The molecule has 0 saturated carbocycles. The molecule has 1 aliphatic rings. The maximum absolute atomic E-state index is 9.93. The first kappa shape index (κ1) is 15.2. The smallest absolute Gasteiger partial charge is 0.229 e. The lowest BCUT2D eigenvalue weighted by Gasteiger charge is -2.26. The molecule has 6 atom stereocenters. The summed E-state index contributed by atoms with van der Waals surface area (Å²) in [4.78, 5) is 0. The van der Waals surface area contributed by atoms with E-state index in [-0.39, 0.29) is 0 Å². The SMILES string of the molecule is OC[C@H]1O[C@H](Oc2ccccc2)[C@H](O)[C@@H](O)[C@@H](O)[C@@H]1O. The minimum atomic E-state index is -1.66. The van der Waals surface area contributed by atoms with Gasteiger partial charge in [0.1, 0.15) is 36.3 Å². The molecule has 1 aromatic rings. The van der Waals surface area contributed by atoms with Crippen LogP contribution in [0.3, 0.4) is 0 Å². The molecule has 1 aromatic carbocycles. The highest BCUT2D eigenvalue weighted by Gasteiger charge is 2.45.